The lowest BCUT2D eigenvalue weighted by atomic mass is 10.2. The summed E-state index contributed by atoms with van der Waals surface area (Å²) in [6.07, 6.45) is -5.19. The number of hydrogen-bond acceptors (Lipinski definition) is 3. The summed E-state index contributed by atoms with van der Waals surface area (Å²) in [7, 11) is 1.15. The number of alkyl halides is 3. The van der Waals surface area contributed by atoms with Gasteiger partial charge in [-0.2, -0.15) is 13.2 Å². The van der Waals surface area contributed by atoms with Crippen molar-refractivity contribution in [1.29, 1.82) is 0 Å². The van der Waals surface area contributed by atoms with Crippen LogP contribution >= 0.6 is 0 Å². The standard InChI is InChI=1S/C9H12F3NO3/c1-16-8(15)6-3-2-4-13(6)7(14)5-9(10,11)12/h6H,2-5H2,1H3. The molecule has 0 radical (unpaired) electrons. The predicted molar refractivity (Wildman–Crippen MR) is 47.4 cm³/mol. The van der Waals surface area contributed by atoms with Gasteiger partial charge in [-0.05, 0) is 12.8 Å². The average molecular weight is 239 g/mol. The molecule has 0 aliphatic carbocycles. The molecule has 1 unspecified atom stereocenters. The number of rotatable bonds is 2. The Hall–Kier alpha value is -1.27. The molecule has 1 aliphatic heterocycles. The third-order valence-electron chi connectivity index (χ3n) is 2.40. The Morgan fingerprint density at radius 1 is 1.44 bits per heavy atom. The molecule has 92 valence electrons. The maximum atomic E-state index is 12.0. The van der Waals surface area contributed by atoms with Gasteiger partial charge in [0.2, 0.25) is 5.91 Å². The highest BCUT2D eigenvalue weighted by Crippen LogP contribution is 2.25. The second-order valence-corrected chi connectivity index (χ2v) is 3.56. The molecular formula is C9H12F3NO3. The molecule has 1 amide bonds. The summed E-state index contributed by atoms with van der Waals surface area (Å²) in [5.41, 5.74) is 0. The molecule has 0 N–H and O–H groups in total. The fraction of sp³-hybridized carbons (Fsp3) is 0.778. The predicted octanol–water partition coefficient (Wildman–Crippen LogP) is 1.10. The van der Waals surface area contributed by atoms with Crippen LogP contribution in [-0.2, 0) is 14.3 Å². The van der Waals surface area contributed by atoms with Gasteiger partial charge in [-0.3, -0.25) is 4.79 Å². The SMILES string of the molecule is COC(=O)C1CCCN1C(=O)CC(F)(F)F. The maximum absolute atomic E-state index is 12.0. The normalized spacial score (nSPS) is 21.0. The van der Waals surface area contributed by atoms with E-state index in [1.807, 2.05) is 0 Å². The molecule has 1 heterocycles. The van der Waals surface area contributed by atoms with Gasteiger partial charge in [0.05, 0.1) is 7.11 Å². The van der Waals surface area contributed by atoms with Crippen molar-refractivity contribution in [2.45, 2.75) is 31.5 Å². The van der Waals surface area contributed by atoms with Gasteiger partial charge in [-0.25, -0.2) is 4.79 Å². The average Bonchev–Trinajstić information content (AvgIpc) is 2.62. The van der Waals surface area contributed by atoms with Crippen LogP contribution in [0, 0.1) is 0 Å². The topological polar surface area (TPSA) is 46.6 Å². The number of nitrogens with zero attached hydrogens (tertiary/aromatic N) is 1. The molecule has 0 spiro atoms. The number of esters is 1. The Labute approximate surface area is 90.3 Å². The van der Waals surface area contributed by atoms with E-state index in [1.165, 1.54) is 0 Å². The molecular weight excluding hydrogens is 227 g/mol. The van der Waals surface area contributed by atoms with Crippen LogP contribution in [0.15, 0.2) is 0 Å². The Balaban J connectivity index is 2.65. The first kappa shape index (κ1) is 12.8. The zero-order valence-electron chi connectivity index (χ0n) is 8.71. The quantitative estimate of drug-likeness (QED) is 0.678. The number of methoxy groups -OCH3 is 1. The van der Waals surface area contributed by atoms with Gasteiger partial charge >= 0.3 is 12.1 Å². The van der Waals surface area contributed by atoms with Gasteiger partial charge < -0.3 is 9.64 Å². The summed E-state index contributed by atoms with van der Waals surface area (Å²) < 4.78 is 40.4. The van der Waals surface area contributed by atoms with Crippen LogP contribution in [0.3, 0.4) is 0 Å². The summed E-state index contributed by atoms with van der Waals surface area (Å²) in [6.45, 7) is 0.175. The molecule has 1 rings (SSSR count). The number of likely N-dealkylation sites (tertiary alicyclic amines) is 1. The van der Waals surface area contributed by atoms with Crippen LogP contribution in [0.5, 0.6) is 0 Å². The molecule has 1 fully saturated rings. The van der Waals surface area contributed by atoms with E-state index >= 15 is 0 Å². The lowest BCUT2D eigenvalue weighted by Gasteiger charge is -2.23. The first-order chi connectivity index (χ1) is 7.35. The van der Waals surface area contributed by atoms with E-state index in [-0.39, 0.29) is 6.54 Å². The summed E-state index contributed by atoms with van der Waals surface area (Å²) in [6, 6.07) is -0.861. The second-order valence-electron chi connectivity index (χ2n) is 3.56. The van der Waals surface area contributed by atoms with E-state index in [0.29, 0.717) is 12.8 Å². The van der Waals surface area contributed by atoms with Crippen molar-refractivity contribution in [1.82, 2.24) is 4.90 Å². The molecule has 0 bridgehead atoms. The van der Waals surface area contributed by atoms with E-state index in [4.69, 9.17) is 0 Å². The third kappa shape index (κ3) is 3.11. The zero-order valence-corrected chi connectivity index (χ0v) is 8.71. The summed E-state index contributed by atoms with van der Waals surface area (Å²) in [5.74, 6) is -1.73. The summed E-state index contributed by atoms with van der Waals surface area (Å²) in [5, 5.41) is 0. The van der Waals surface area contributed by atoms with Crippen LogP contribution < -0.4 is 0 Å². The van der Waals surface area contributed by atoms with E-state index in [2.05, 4.69) is 4.74 Å². The Morgan fingerprint density at radius 3 is 2.56 bits per heavy atom. The van der Waals surface area contributed by atoms with Gasteiger partial charge in [-0.1, -0.05) is 0 Å². The molecule has 4 nitrogen and oxygen atoms in total. The molecule has 0 aromatic carbocycles. The van der Waals surface area contributed by atoms with Crippen LogP contribution in [0.2, 0.25) is 0 Å². The molecule has 1 saturated heterocycles. The van der Waals surface area contributed by atoms with E-state index in [9.17, 15) is 22.8 Å². The number of halogens is 3. The largest absolute Gasteiger partial charge is 0.467 e. The van der Waals surface area contributed by atoms with Crippen LogP contribution in [0.25, 0.3) is 0 Å². The molecule has 16 heavy (non-hydrogen) atoms. The second kappa shape index (κ2) is 4.71. The molecule has 0 aromatic heterocycles. The van der Waals surface area contributed by atoms with E-state index in [0.717, 1.165) is 12.0 Å². The first-order valence-corrected chi connectivity index (χ1v) is 4.79. The highest BCUT2D eigenvalue weighted by atomic mass is 19.4. The summed E-state index contributed by atoms with van der Waals surface area (Å²) >= 11 is 0. The third-order valence-corrected chi connectivity index (χ3v) is 2.40. The molecule has 7 heteroatoms. The number of carbonyl (C=O) groups excluding carboxylic acids is 2. The van der Waals surface area contributed by atoms with Crippen molar-refractivity contribution < 1.29 is 27.5 Å². The van der Waals surface area contributed by atoms with Gasteiger partial charge in [0.1, 0.15) is 12.5 Å². The molecule has 0 aromatic rings. The Bertz CT molecular complexity index is 290. The van der Waals surface area contributed by atoms with Gasteiger partial charge in [-0.15, -0.1) is 0 Å². The minimum Gasteiger partial charge on any atom is -0.467 e. The highest BCUT2D eigenvalue weighted by molar-refractivity contribution is 5.85. The Kier molecular flexibility index (Phi) is 3.77. The number of amides is 1. The first-order valence-electron chi connectivity index (χ1n) is 4.79. The van der Waals surface area contributed by atoms with Crippen molar-refractivity contribution >= 4 is 11.9 Å². The van der Waals surface area contributed by atoms with Crippen LogP contribution in [-0.4, -0.2) is 42.6 Å². The van der Waals surface area contributed by atoms with E-state index in [1.54, 1.807) is 0 Å². The monoisotopic (exact) mass is 239 g/mol. The molecule has 1 aliphatic rings. The van der Waals surface area contributed by atoms with Crippen molar-refractivity contribution in [3.63, 3.8) is 0 Å². The van der Waals surface area contributed by atoms with E-state index < -0.39 is 30.5 Å². The lowest BCUT2D eigenvalue weighted by molar-refractivity contribution is -0.166. The number of ether oxygens (including phenoxy) is 1. The van der Waals surface area contributed by atoms with Crippen LogP contribution in [0.1, 0.15) is 19.3 Å². The smallest absolute Gasteiger partial charge is 0.397 e. The Morgan fingerprint density at radius 2 is 2.06 bits per heavy atom. The maximum Gasteiger partial charge on any atom is 0.397 e. The number of carbonyl (C=O) groups is 2. The summed E-state index contributed by atoms with van der Waals surface area (Å²) in [4.78, 5) is 23.4. The van der Waals surface area contributed by atoms with Crippen molar-refractivity contribution in [3.8, 4) is 0 Å². The lowest BCUT2D eigenvalue weighted by Crippen LogP contribution is -2.42. The highest BCUT2D eigenvalue weighted by Gasteiger charge is 2.40. The van der Waals surface area contributed by atoms with Gasteiger partial charge in [0, 0.05) is 6.54 Å². The van der Waals surface area contributed by atoms with Crippen LogP contribution in [0.4, 0.5) is 13.2 Å². The van der Waals surface area contributed by atoms with Gasteiger partial charge in [0.25, 0.3) is 0 Å². The van der Waals surface area contributed by atoms with Crippen molar-refractivity contribution in [2.24, 2.45) is 0 Å². The molecule has 1 atom stereocenters. The fourth-order valence-corrected chi connectivity index (χ4v) is 1.72. The fourth-order valence-electron chi connectivity index (χ4n) is 1.72. The van der Waals surface area contributed by atoms with Gasteiger partial charge in [0.15, 0.2) is 0 Å². The van der Waals surface area contributed by atoms with Crippen molar-refractivity contribution in [3.05, 3.63) is 0 Å². The minimum absolute atomic E-state index is 0.175. The zero-order chi connectivity index (χ0) is 12.3. The number of hydrogen-bond donors (Lipinski definition) is 0. The van der Waals surface area contributed by atoms with Crippen molar-refractivity contribution in [2.75, 3.05) is 13.7 Å². The molecule has 0 saturated carbocycles. The minimum atomic E-state index is -4.54.